The lowest BCUT2D eigenvalue weighted by Gasteiger charge is -2.13. The van der Waals surface area contributed by atoms with E-state index in [0.717, 1.165) is 28.5 Å². The minimum Gasteiger partial charge on any atom is -0.493 e. The molecule has 0 heterocycles. The number of hydrogen-bond donors (Lipinski definition) is 0. The van der Waals surface area contributed by atoms with Crippen molar-refractivity contribution in [2.45, 2.75) is 6.61 Å². The molecule has 0 aliphatic carbocycles. The summed E-state index contributed by atoms with van der Waals surface area (Å²) in [6.07, 6.45) is 4.04. The van der Waals surface area contributed by atoms with Gasteiger partial charge in [-0.2, -0.15) is 0 Å². The van der Waals surface area contributed by atoms with E-state index in [-0.39, 0.29) is 0 Å². The fourth-order valence-corrected chi connectivity index (χ4v) is 2.67. The standard InChI is InChI=1S/C23H20O3/c1-25-23-16-21(20-11-5-9-18(15-20)10-6-14-24)12-13-22(23)26-17-19-7-3-2-4-8-19/h2-16H,17H2,1H3. The molecule has 26 heavy (non-hydrogen) atoms. The average Bonchev–Trinajstić information content (AvgIpc) is 2.71. The summed E-state index contributed by atoms with van der Waals surface area (Å²) < 4.78 is 11.4. The van der Waals surface area contributed by atoms with Gasteiger partial charge >= 0.3 is 0 Å². The third kappa shape index (κ3) is 4.39. The summed E-state index contributed by atoms with van der Waals surface area (Å²) in [6, 6.07) is 23.9. The van der Waals surface area contributed by atoms with E-state index >= 15 is 0 Å². The van der Waals surface area contributed by atoms with Crippen LogP contribution in [0.15, 0.2) is 78.9 Å². The SMILES string of the molecule is COc1cc(-c2cccc(C=CC=O)c2)ccc1OCc1ccccc1. The van der Waals surface area contributed by atoms with Crippen LogP contribution in [-0.2, 0) is 11.4 Å². The van der Waals surface area contributed by atoms with Crippen LogP contribution in [0, 0.1) is 0 Å². The molecule has 0 fully saturated rings. The predicted octanol–water partition coefficient (Wildman–Crippen LogP) is 5.15. The molecule has 0 bridgehead atoms. The number of methoxy groups -OCH3 is 1. The normalized spacial score (nSPS) is 10.7. The Labute approximate surface area is 153 Å². The molecule has 0 aliphatic rings. The number of hydrogen-bond acceptors (Lipinski definition) is 3. The van der Waals surface area contributed by atoms with Crippen LogP contribution in [0.4, 0.5) is 0 Å². The number of carbonyl (C=O) groups excluding carboxylic acids is 1. The Morgan fingerprint density at radius 3 is 2.42 bits per heavy atom. The monoisotopic (exact) mass is 344 g/mol. The average molecular weight is 344 g/mol. The molecular formula is C23H20O3. The number of ether oxygens (including phenoxy) is 2. The quantitative estimate of drug-likeness (QED) is 0.439. The third-order valence-corrected chi connectivity index (χ3v) is 3.99. The maximum atomic E-state index is 10.5. The summed E-state index contributed by atoms with van der Waals surface area (Å²) in [5.74, 6) is 1.39. The molecular weight excluding hydrogens is 324 g/mol. The van der Waals surface area contributed by atoms with Gasteiger partial charge in [0.1, 0.15) is 12.9 Å². The number of allylic oxidation sites excluding steroid dienone is 1. The zero-order valence-corrected chi connectivity index (χ0v) is 14.6. The zero-order chi connectivity index (χ0) is 18.2. The molecule has 0 atom stereocenters. The molecule has 0 N–H and O–H groups in total. The van der Waals surface area contributed by atoms with Crippen LogP contribution in [0.1, 0.15) is 11.1 Å². The van der Waals surface area contributed by atoms with Crippen molar-refractivity contribution in [3.8, 4) is 22.6 Å². The van der Waals surface area contributed by atoms with E-state index in [1.807, 2.05) is 72.8 Å². The van der Waals surface area contributed by atoms with Crippen LogP contribution < -0.4 is 9.47 Å². The van der Waals surface area contributed by atoms with Crippen LogP contribution in [0.5, 0.6) is 11.5 Å². The maximum Gasteiger partial charge on any atom is 0.161 e. The second kappa shape index (κ2) is 8.67. The Morgan fingerprint density at radius 1 is 0.846 bits per heavy atom. The van der Waals surface area contributed by atoms with Gasteiger partial charge in [-0.15, -0.1) is 0 Å². The van der Waals surface area contributed by atoms with Crippen molar-refractivity contribution < 1.29 is 14.3 Å². The van der Waals surface area contributed by atoms with Crippen molar-refractivity contribution in [1.29, 1.82) is 0 Å². The lowest BCUT2D eigenvalue weighted by Crippen LogP contribution is -1.97. The van der Waals surface area contributed by atoms with Gasteiger partial charge in [0.2, 0.25) is 0 Å². The second-order valence-electron chi connectivity index (χ2n) is 5.76. The summed E-state index contributed by atoms with van der Waals surface area (Å²) in [6.45, 7) is 0.489. The first kappa shape index (κ1) is 17.5. The molecule has 0 amide bonds. The van der Waals surface area contributed by atoms with Gasteiger partial charge < -0.3 is 9.47 Å². The molecule has 0 saturated heterocycles. The van der Waals surface area contributed by atoms with Crippen molar-refractivity contribution in [3.05, 3.63) is 90.0 Å². The Morgan fingerprint density at radius 2 is 1.65 bits per heavy atom. The number of rotatable bonds is 7. The van der Waals surface area contributed by atoms with Crippen LogP contribution in [-0.4, -0.2) is 13.4 Å². The molecule has 130 valence electrons. The summed E-state index contributed by atoms with van der Waals surface area (Å²) in [5.41, 5.74) is 4.15. The molecule has 0 aliphatic heterocycles. The van der Waals surface area contributed by atoms with E-state index in [1.165, 1.54) is 6.08 Å². The van der Waals surface area contributed by atoms with Crippen molar-refractivity contribution in [2.75, 3.05) is 7.11 Å². The largest absolute Gasteiger partial charge is 0.493 e. The smallest absolute Gasteiger partial charge is 0.161 e. The van der Waals surface area contributed by atoms with Gasteiger partial charge in [-0.25, -0.2) is 0 Å². The number of benzene rings is 3. The molecule has 3 heteroatoms. The van der Waals surface area contributed by atoms with Gasteiger partial charge in [0.25, 0.3) is 0 Å². The molecule has 3 nitrogen and oxygen atoms in total. The lowest BCUT2D eigenvalue weighted by atomic mass is 10.0. The molecule has 3 aromatic carbocycles. The second-order valence-corrected chi connectivity index (χ2v) is 5.76. The fourth-order valence-electron chi connectivity index (χ4n) is 2.67. The first-order chi connectivity index (χ1) is 12.8. The van der Waals surface area contributed by atoms with Gasteiger partial charge in [0.05, 0.1) is 7.11 Å². The molecule has 0 radical (unpaired) electrons. The first-order valence-corrected chi connectivity index (χ1v) is 8.37. The van der Waals surface area contributed by atoms with Crippen molar-refractivity contribution in [2.24, 2.45) is 0 Å². The van der Waals surface area contributed by atoms with Crippen molar-refractivity contribution in [1.82, 2.24) is 0 Å². The van der Waals surface area contributed by atoms with Crippen LogP contribution >= 0.6 is 0 Å². The highest BCUT2D eigenvalue weighted by molar-refractivity contribution is 5.76. The van der Waals surface area contributed by atoms with Crippen LogP contribution in [0.25, 0.3) is 17.2 Å². The molecule has 0 saturated carbocycles. The van der Waals surface area contributed by atoms with E-state index in [1.54, 1.807) is 13.2 Å². The summed E-state index contributed by atoms with van der Waals surface area (Å²) in [7, 11) is 1.64. The Bertz CT molecular complexity index is 898. The first-order valence-electron chi connectivity index (χ1n) is 8.37. The van der Waals surface area contributed by atoms with Gasteiger partial charge in [0.15, 0.2) is 11.5 Å². The summed E-state index contributed by atoms with van der Waals surface area (Å²) in [4.78, 5) is 10.5. The molecule has 0 aromatic heterocycles. The van der Waals surface area contributed by atoms with Crippen LogP contribution in [0.2, 0.25) is 0 Å². The topological polar surface area (TPSA) is 35.5 Å². The molecule has 3 rings (SSSR count). The van der Waals surface area contributed by atoms with Crippen molar-refractivity contribution >= 4 is 12.4 Å². The predicted molar refractivity (Wildman–Crippen MR) is 104 cm³/mol. The fraction of sp³-hybridized carbons (Fsp3) is 0.0870. The Balaban J connectivity index is 1.82. The number of carbonyl (C=O) groups is 1. The highest BCUT2D eigenvalue weighted by Gasteiger charge is 2.08. The van der Waals surface area contributed by atoms with Gasteiger partial charge in [-0.1, -0.05) is 60.7 Å². The third-order valence-electron chi connectivity index (χ3n) is 3.99. The Hall–Kier alpha value is -3.33. The maximum absolute atomic E-state index is 10.5. The van der Waals surface area contributed by atoms with E-state index < -0.39 is 0 Å². The van der Waals surface area contributed by atoms with Crippen molar-refractivity contribution in [3.63, 3.8) is 0 Å². The van der Waals surface area contributed by atoms with Gasteiger partial charge in [0, 0.05) is 0 Å². The molecule has 0 spiro atoms. The minimum atomic E-state index is 0.489. The van der Waals surface area contributed by atoms with Gasteiger partial charge in [-0.3, -0.25) is 4.79 Å². The lowest BCUT2D eigenvalue weighted by molar-refractivity contribution is -0.104. The zero-order valence-electron chi connectivity index (χ0n) is 14.6. The number of aldehydes is 1. The Kier molecular flexibility index (Phi) is 5.84. The van der Waals surface area contributed by atoms with Gasteiger partial charge in [-0.05, 0) is 46.5 Å². The summed E-state index contributed by atoms with van der Waals surface area (Å²) in [5, 5.41) is 0. The highest BCUT2D eigenvalue weighted by Crippen LogP contribution is 2.33. The molecule has 3 aromatic rings. The molecule has 0 unspecified atom stereocenters. The van der Waals surface area contributed by atoms with E-state index in [9.17, 15) is 4.79 Å². The van der Waals surface area contributed by atoms with E-state index in [4.69, 9.17) is 9.47 Å². The minimum absolute atomic E-state index is 0.489. The van der Waals surface area contributed by atoms with Crippen LogP contribution in [0.3, 0.4) is 0 Å². The van der Waals surface area contributed by atoms with E-state index in [0.29, 0.717) is 18.1 Å². The van der Waals surface area contributed by atoms with E-state index in [2.05, 4.69) is 0 Å². The summed E-state index contributed by atoms with van der Waals surface area (Å²) >= 11 is 0. The highest BCUT2D eigenvalue weighted by atomic mass is 16.5.